The van der Waals surface area contributed by atoms with Crippen LogP contribution >= 0.6 is 0 Å². The van der Waals surface area contributed by atoms with Crippen molar-refractivity contribution >= 4 is 0 Å². The average Bonchev–Trinajstić information content (AvgIpc) is 2.76. The van der Waals surface area contributed by atoms with Crippen LogP contribution in [-0.4, -0.2) is 0 Å². The van der Waals surface area contributed by atoms with Gasteiger partial charge in [-0.05, 0) is 98.9 Å². The Morgan fingerprint density at radius 2 is 1.57 bits per heavy atom. The zero-order chi connectivity index (χ0) is 21.1. The maximum absolute atomic E-state index is 15.1. The molecule has 2 aromatic carbocycles. The van der Waals surface area contributed by atoms with Crippen LogP contribution in [0.4, 0.5) is 13.2 Å². The van der Waals surface area contributed by atoms with Gasteiger partial charge in [-0.15, -0.1) is 0 Å². The fourth-order valence-electron chi connectivity index (χ4n) is 5.15. The summed E-state index contributed by atoms with van der Waals surface area (Å²) >= 11 is 0. The number of halogens is 3. The molecule has 0 radical (unpaired) electrons. The van der Waals surface area contributed by atoms with E-state index >= 15 is 4.39 Å². The minimum atomic E-state index is -0.990. The zero-order valence-corrected chi connectivity index (χ0v) is 17.4. The summed E-state index contributed by atoms with van der Waals surface area (Å²) in [5.41, 5.74) is 2.03. The Labute approximate surface area is 177 Å². The minimum absolute atomic E-state index is 0.0549. The van der Waals surface area contributed by atoms with Crippen molar-refractivity contribution < 1.29 is 13.2 Å². The van der Waals surface area contributed by atoms with Gasteiger partial charge >= 0.3 is 0 Å². The van der Waals surface area contributed by atoms with Crippen molar-refractivity contribution in [3.8, 4) is 11.8 Å². The van der Waals surface area contributed by atoms with Crippen LogP contribution in [0, 0.1) is 47.0 Å². The first-order chi connectivity index (χ1) is 14.6. The molecule has 0 bridgehead atoms. The van der Waals surface area contributed by atoms with Crippen LogP contribution in [0.5, 0.6) is 0 Å². The van der Waals surface area contributed by atoms with Gasteiger partial charge in [-0.2, -0.15) is 0 Å². The lowest BCUT2D eigenvalue weighted by molar-refractivity contribution is 0.205. The van der Waals surface area contributed by atoms with Crippen LogP contribution in [0.15, 0.2) is 42.5 Å². The minimum Gasteiger partial charge on any atom is -0.205 e. The second-order valence-corrected chi connectivity index (χ2v) is 8.62. The second kappa shape index (κ2) is 9.13. The SMILES string of the molecule is C/C=C/C1CCC(C2CCc3c(ccc(C#Cc4cccc(F)c4F)c3F)C2)CC1. The highest BCUT2D eigenvalue weighted by molar-refractivity contribution is 5.48. The van der Waals surface area contributed by atoms with Gasteiger partial charge in [-0.25, -0.2) is 13.2 Å². The summed E-state index contributed by atoms with van der Waals surface area (Å²) in [5.74, 6) is 5.13. The average molecular weight is 409 g/mol. The summed E-state index contributed by atoms with van der Waals surface area (Å²) in [6.45, 7) is 2.09. The summed E-state index contributed by atoms with van der Waals surface area (Å²) in [5, 5.41) is 0. The van der Waals surface area contributed by atoms with Crippen molar-refractivity contribution in [3.63, 3.8) is 0 Å². The van der Waals surface area contributed by atoms with Gasteiger partial charge in [0.05, 0.1) is 11.1 Å². The predicted octanol–water partition coefficient (Wildman–Crippen LogP) is 6.99. The number of rotatable bonds is 2. The molecule has 30 heavy (non-hydrogen) atoms. The third kappa shape index (κ3) is 4.33. The summed E-state index contributed by atoms with van der Waals surface area (Å²) in [7, 11) is 0. The van der Waals surface area contributed by atoms with E-state index < -0.39 is 11.6 Å². The van der Waals surface area contributed by atoms with Crippen LogP contribution in [0.3, 0.4) is 0 Å². The maximum atomic E-state index is 15.1. The first kappa shape index (κ1) is 20.8. The number of fused-ring (bicyclic) bond motifs is 1. The number of hydrogen-bond acceptors (Lipinski definition) is 0. The van der Waals surface area contributed by atoms with Gasteiger partial charge in [0.2, 0.25) is 0 Å². The molecule has 0 nitrogen and oxygen atoms in total. The molecule has 0 saturated heterocycles. The van der Waals surface area contributed by atoms with Crippen LogP contribution < -0.4 is 0 Å². The molecule has 1 saturated carbocycles. The highest BCUT2D eigenvalue weighted by Gasteiger charge is 2.30. The van der Waals surface area contributed by atoms with Crippen LogP contribution in [-0.2, 0) is 12.8 Å². The van der Waals surface area contributed by atoms with Crippen molar-refractivity contribution in [2.45, 2.75) is 51.9 Å². The van der Waals surface area contributed by atoms with E-state index in [4.69, 9.17) is 0 Å². The lowest BCUT2D eigenvalue weighted by Gasteiger charge is -2.36. The molecule has 0 aliphatic heterocycles. The molecular weight excluding hydrogens is 381 g/mol. The van der Waals surface area contributed by atoms with Crippen LogP contribution in [0.1, 0.15) is 61.3 Å². The standard InChI is InChI=1S/C27H27F3/c1-2-4-18-7-9-19(10-8-18)22-15-16-24-23(17-22)14-13-21(26(24)29)12-11-20-5-3-6-25(28)27(20)30/h2-6,13-14,18-19,22H,7-10,15-17H2,1H3/b4-2+. The summed E-state index contributed by atoms with van der Waals surface area (Å²) in [4.78, 5) is 0. The molecule has 1 fully saturated rings. The molecule has 2 aromatic rings. The summed E-state index contributed by atoms with van der Waals surface area (Å²) in [6, 6.07) is 7.50. The molecule has 0 amide bonds. The molecule has 2 aliphatic rings. The maximum Gasteiger partial charge on any atom is 0.174 e. The van der Waals surface area contributed by atoms with E-state index in [9.17, 15) is 8.78 Å². The van der Waals surface area contributed by atoms with Gasteiger partial charge in [-0.3, -0.25) is 0 Å². The fraction of sp³-hybridized carbons (Fsp3) is 0.407. The number of allylic oxidation sites excluding steroid dienone is 2. The van der Waals surface area contributed by atoms with E-state index in [1.165, 1.54) is 37.8 Å². The first-order valence-corrected chi connectivity index (χ1v) is 11.0. The second-order valence-electron chi connectivity index (χ2n) is 8.62. The molecule has 1 unspecified atom stereocenters. The molecule has 4 rings (SSSR count). The molecule has 0 aromatic heterocycles. The Morgan fingerprint density at radius 3 is 2.30 bits per heavy atom. The predicted molar refractivity (Wildman–Crippen MR) is 115 cm³/mol. The van der Waals surface area contributed by atoms with Crippen molar-refractivity contribution in [2.24, 2.45) is 17.8 Å². The van der Waals surface area contributed by atoms with E-state index in [0.29, 0.717) is 5.92 Å². The smallest absolute Gasteiger partial charge is 0.174 e. The van der Waals surface area contributed by atoms with Gasteiger partial charge in [0.25, 0.3) is 0 Å². The summed E-state index contributed by atoms with van der Waals surface area (Å²) in [6.07, 6.45) is 12.2. The Morgan fingerprint density at radius 1 is 0.833 bits per heavy atom. The molecule has 0 N–H and O–H groups in total. The molecular formula is C27H27F3. The molecule has 2 aliphatic carbocycles. The van der Waals surface area contributed by atoms with E-state index in [-0.39, 0.29) is 16.9 Å². The van der Waals surface area contributed by atoms with Crippen LogP contribution in [0.25, 0.3) is 0 Å². The van der Waals surface area contributed by atoms with E-state index in [2.05, 4.69) is 30.9 Å². The first-order valence-electron chi connectivity index (χ1n) is 11.0. The lowest BCUT2D eigenvalue weighted by Crippen LogP contribution is -2.26. The number of benzene rings is 2. The molecule has 3 heteroatoms. The Hall–Kier alpha value is -2.47. The highest BCUT2D eigenvalue weighted by atomic mass is 19.2. The molecule has 1 atom stereocenters. The lowest BCUT2D eigenvalue weighted by atomic mass is 9.69. The van der Waals surface area contributed by atoms with Crippen molar-refractivity contribution in [1.82, 2.24) is 0 Å². The van der Waals surface area contributed by atoms with E-state index in [1.807, 2.05) is 6.07 Å². The molecule has 0 spiro atoms. The Kier molecular flexibility index (Phi) is 6.32. The van der Waals surface area contributed by atoms with Crippen molar-refractivity contribution in [1.29, 1.82) is 0 Å². The van der Waals surface area contributed by atoms with Gasteiger partial charge in [-0.1, -0.05) is 36.1 Å². The van der Waals surface area contributed by atoms with Crippen LogP contribution in [0.2, 0.25) is 0 Å². The third-order valence-corrected chi connectivity index (χ3v) is 6.82. The molecule has 156 valence electrons. The van der Waals surface area contributed by atoms with Gasteiger partial charge in [0.1, 0.15) is 5.82 Å². The highest BCUT2D eigenvalue weighted by Crippen LogP contribution is 2.40. The monoisotopic (exact) mass is 408 g/mol. The Balaban J connectivity index is 1.48. The van der Waals surface area contributed by atoms with E-state index in [1.54, 1.807) is 6.07 Å². The molecule has 0 heterocycles. The third-order valence-electron chi connectivity index (χ3n) is 6.82. The fourth-order valence-corrected chi connectivity index (χ4v) is 5.15. The van der Waals surface area contributed by atoms with Gasteiger partial charge in [0.15, 0.2) is 11.6 Å². The quantitative estimate of drug-likeness (QED) is 0.371. The van der Waals surface area contributed by atoms with Crippen molar-refractivity contribution in [3.05, 3.63) is 82.2 Å². The normalized spacial score (nSPS) is 23.7. The summed E-state index contributed by atoms with van der Waals surface area (Å²) < 4.78 is 42.2. The zero-order valence-electron chi connectivity index (χ0n) is 17.4. The van der Waals surface area contributed by atoms with Gasteiger partial charge in [0, 0.05) is 0 Å². The largest absolute Gasteiger partial charge is 0.205 e. The number of hydrogen-bond donors (Lipinski definition) is 0. The van der Waals surface area contributed by atoms with Gasteiger partial charge < -0.3 is 0 Å². The van der Waals surface area contributed by atoms with E-state index in [0.717, 1.165) is 48.3 Å². The Bertz CT molecular complexity index is 1000. The topological polar surface area (TPSA) is 0 Å². The van der Waals surface area contributed by atoms with Crippen molar-refractivity contribution in [2.75, 3.05) is 0 Å².